The Kier molecular flexibility index (Phi) is 3.95. The Morgan fingerprint density at radius 1 is 1.19 bits per heavy atom. The summed E-state index contributed by atoms with van der Waals surface area (Å²) in [6.45, 7) is 0. The van der Waals surface area contributed by atoms with Crippen LogP contribution < -0.4 is 5.32 Å². The third-order valence-corrected chi connectivity index (χ3v) is 4.93. The molecule has 0 spiro atoms. The molecule has 0 saturated heterocycles. The van der Waals surface area contributed by atoms with Crippen LogP contribution in [0.5, 0.6) is 0 Å². The second kappa shape index (κ2) is 5.88. The number of benzene rings is 1. The second-order valence-electron chi connectivity index (χ2n) is 6.16. The van der Waals surface area contributed by atoms with Crippen LogP contribution in [-0.2, 0) is 14.3 Å². The van der Waals surface area contributed by atoms with Gasteiger partial charge in [-0.3, -0.25) is 4.79 Å². The van der Waals surface area contributed by atoms with Crippen LogP contribution in [0.4, 0.5) is 0 Å². The first-order valence-electron chi connectivity index (χ1n) is 7.62. The minimum absolute atomic E-state index is 0.00135. The lowest BCUT2D eigenvalue weighted by molar-refractivity contribution is -0.146. The summed E-state index contributed by atoms with van der Waals surface area (Å²) in [4.78, 5) is 24.5. The van der Waals surface area contributed by atoms with Gasteiger partial charge in [-0.1, -0.05) is 36.8 Å². The molecule has 1 aromatic carbocycles. The van der Waals surface area contributed by atoms with Crippen LogP contribution in [0.15, 0.2) is 30.3 Å². The molecule has 1 amide bonds. The molecule has 112 valence electrons. The summed E-state index contributed by atoms with van der Waals surface area (Å²) in [6, 6.07) is 8.56. The van der Waals surface area contributed by atoms with Gasteiger partial charge >= 0.3 is 5.97 Å². The van der Waals surface area contributed by atoms with Crippen LogP contribution in [0.1, 0.15) is 37.3 Å². The van der Waals surface area contributed by atoms with Crippen LogP contribution in [-0.4, -0.2) is 19.0 Å². The highest BCUT2D eigenvalue weighted by molar-refractivity contribution is 5.87. The van der Waals surface area contributed by atoms with Crippen molar-refractivity contribution in [2.24, 2.45) is 17.8 Å². The highest BCUT2D eigenvalue weighted by Crippen LogP contribution is 2.48. The lowest BCUT2D eigenvalue weighted by Crippen LogP contribution is -2.39. The Bertz CT molecular complexity index is 528. The van der Waals surface area contributed by atoms with E-state index in [1.54, 1.807) is 0 Å². The molecule has 21 heavy (non-hydrogen) atoms. The molecule has 1 aromatic rings. The van der Waals surface area contributed by atoms with E-state index in [-0.39, 0.29) is 11.8 Å². The summed E-state index contributed by atoms with van der Waals surface area (Å²) < 4.78 is 4.84. The van der Waals surface area contributed by atoms with E-state index in [4.69, 9.17) is 4.74 Å². The standard InChI is InChI=1S/C17H21NO3/c1-21-17(20)15(12-5-3-2-4-6-12)18-16(19)14-10-11-7-8-13(14)9-11/h2-6,11,13-15H,7-10H2,1H3,(H,18,19). The summed E-state index contributed by atoms with van der Waals surface area (Å²) >= 11 is 0. The molecule has 2 fully saturated rings. The molecule has 4 unspecified atom stereocenters. The number of rotatable bonds is 4. The number of hydrogen-bond donors (Lipinski definition) is 1. The molecule has 1 N–H and O–H groups in total. The number of ether oxygens (including phenoxy) is 1. The minimum atomic E-state index is -0.706. The van der Waals surface area contributed by atoms with Gasteiger partial charge < -0.3 is 10.1 Å². The normalized spacial score (nSPS) is 28.1. The fourth-order valence-corrected chi connectivity index (χ4v) is 3.86. The average Bonchev–Trinajstić information content (AvgIpc) is 3.15. The topological polar surface area (TPSA) is 55.4 Å². The zero-order chi connectivity index (χ0) is 14.8. The molecule has 0 radical (unpaired) electrons. The van der Waals surface area contributed by atoms with Crippen molar-refractivity contribution in [1.29, 1.82) is 0 Å². The van der Waals surface area contributed by atoms with E-state index in [9.17, 15) is 9.59 Å². The zero-order valence-electron chi connectivity index (χ0n) is 12.2. The number of nitrogens with one attached hydrogen (secondary N) is 1. The monoisotopic (exact) mass is 287 g/mol. The molecule has 3 rings (SSSR count). The summed E-state index contributed by atoms with van der Waals surface area (Å²) in [5, 5.41) is 2.90. The molecule has 4 atom stereocenters. The number of hydrogen-bond acceptors (Lipinski definition) is 3. The molecular formula is C17H21NO3. The van der Waals surface area contributed by atoms with Crippen molar-refractivity contribution in [1.82, 2.24) is 5.32 Å². The van der Waals surface area contributed by atoms with Gasteiger partial charge in [-0.25, -0.2) is 4.79 Å². The molecule has 0 aromatic heterocycles. The maximum Gasteiger partial charge on any atom is 0.333 e. The Morgan fingerprint density at radius 3 is 2.52 bits per heavy atom. The van der Waals surface area contributed by atoms with Gasteiger partial charge in [-0.2, -0.15) is 0 Å². The van der Waals surface area contributed by atoms with E-state index < -0.39 is 12.0 Å². The Balaban J connectivity index is 1.73. The van der Waals surface area contributed by atoms with Crippen LogP contribution >= 0.6 is 0 Å². The molecule has 0 aliphatic heterocycles. The number of carbonyl (C=O) groups excluding carboxylic acids is 2. The first kappa shape index (κ1) is 14.1. The molecular weight excluding hydrogens is 266 g/mol. The first-order chi connectivity index (χ1) is 10.2. The van der Waals surface area contributed by atoms with Crippen LogP contribution in [0.3, 0.4) is 0 Å². The van der Waals surface area contributed by atoms with Gasteiger partial charge in [0.25, 0.3) is 0 Å². The number of amides is 1. The molecule has 2 aliphatic carbocycles. The minimum Gasteiger partial charge on any atom is -0.467 e. The van der Waals surface area contributed by atoms with Gasteiger partial charge in [-0.05, 0) is 36.7 Å². The fourth-order valence-electron chi connectivity index (χ4n) is 3.86. The van der Waals surface area contributed by atoms with Gasteiger partial charge in [0, 0.05) is 5.92 Å². The van der Waals surface area contributed by atoms with E-state index in [1.165, 1.54) is 20.0 Å². The SMILES string of the molecule is COC(=O)C(NC(=O)C1CC2CCC1C2)c1ccccc1. The predicted molar refractivity (Wildman–Crippen MR) is 78.3 cm³/mol. The predicted octanol–water partition coefficient (Wildman–Crippen LogP) is 2.45. The van der Waals surface area contributed by atoms with Crippen molar-refractivity contribution in [2.45, 2.75) is 31.7 Å². The largest absolute Gasteiger partial charge is 0.467 e. The summed E-state index contributed by atoms with van der Waals surface area (Å²) in [5.41, 5.74) is 0.765. The van der Waals surface area contributed by atoms with Crippen molar-refractivity contribution in [3.05, 3.63) is 35.9 Å². The van der Waals surface area contributed by atoms with E-state index in [2.05, 4.69) is 5.32 Å². The number of fused-ring (bicyclic) bond motifs is 2. The number of esters is 1. The lowest BCUT2D eigenvalue weighted by atomic mass is 9.88. The Morgan fingerprint density at radius 2 is 1.95 bits per heavy atom. The molecule has 4 heteroatoms. The Labute approximate surface area is 124 Å². The summed E-state index contributed by atoms with van der Waals surface area (Å²) in [5.74, 6) is 0.863. The third kappa shape index (κ3) is 2.80. The molecule has 2 bridgehead atoms. The van der Waals surface area contributed by atoms with Crippen LogP contribution in [0.2, 0.25) is 0 Å². The highest BCUT2D eigenvalue weighted by atomic mass is 16.5. The first-order valence-corrected chi connectivity index (χ1v) is 7.62. The van der Waals surface area contributed by atoms with E-state index >= 15 is 0 Å². The Hall–Kier alpha value is -1.84. The van der Waals surface area contributed by atoms with Crippen molar-refractivity contribution in [3.8, 4) is 0 Å². The van der Waals surface area contributed by atoms with Gasteiger partial charge in [-0.15, -0.1) is 0 Å². The zero-order valence-corrected chi connectivity index (χ0v) is 12.2. The van der Waals surface area contributed by atoms with Crippen molar-refractivity contribution >= 4 is 11.9 Å². The molecule has 2 aliphatic rings. The van der Waals surface area contributed by atoms with Gasteiger partial charge in [0.05, 0.1) is 7.11 Å². The number of carbonyl (C=O) groups is 2. The van der Waals surface area contributed by atoms with Crippen molar-refractivity contribution in [2.75, 3.05) is 7.11 Å². The lowest BCUT2D eigenvalue weighted by Gasteiger charge is -2.24. The van der Waals surface area contributed by atoms with E-state index in [0.29, 0.717) is 11.8 Å². The highest BCUT2D eigenvalue weighted by Gasteiger charge is 2.43. The quantitative estimate of drug-likeness (QED) is 0.865. The summed E-state index contributed by atoms with van der Waals surface area (Å²) in [7, 11) is 1.35. The average molecular weight is 287 g/mol. The van der Waals surface area contributed by atoms with Gasteiger partial charge in [0.1, 0.15) is 0 Å². The molecule has 0 heterocycles. The van der Waals surface area contributed by atoms with E-state index in [1.807, 2.05) is 30.3 Å². The third-order valence-electron chi connectivity index (χ3n) is 4.93. The second-order valence-corrected chi connectivity index (χ2v) is 6.16. The molecule has 4 nitrogen and oxygen atoms in total. The van der Waals surface area contributed by atoms with E-state index in [0.717, 1.165) is 18.4 Å². The maximum atomic E-state index is 12.5. The fraction of sp³-hybridized carbons (Fsp3) is 0.529. The van der Waals surface area contributed by atoms with Gasteiger partial charge in [0.2, 0.25) is 5.91 Å². The van der Waals surface area contributed by atoms with Crippen LogP contribution in [0.25, 0.3) is 0 Å². The van der Waals surface area contributed by atoms with Crippen LogP contribution in [0, 0.1) is 17.8 Å². The maximum absolute atomic E-state index is 12.5. The van der Waals surface area contributed by atoms with Crippen molar-refractivity contribution in [3.63, 3.8) is 0 Å². The van der Waals surface area contributed by atoms with Gasteiger partial charge in [0.15, 0.2) is 6.04 Å². The molecule has 2 saturated carbocycles. The summed E-state index contributed by atoms with van der Waals surface area (Å²) in [6.07, 6.45) is 4.55. The van der Waals surface area contributed by atoms with Crippen molar-refractivity contribution < 1.29 is 14.3 Å². The number of methoxy groups -OCH3 is 1. The smallest absolute Gasteiger partial charge is 0.333 e.